The molecule has 3 amide bonds. The first kappa shape index (κ1) is 27.1. The number of anilines is 2. The van der Waals surface area contributed by atoms with Crippen LogP contribution in [0.25, 0.3) is 0 Å². The number of rotatable bonds is 5. The number of amides is 3. The summed E-state index contributed by atoms with van der Waals surface area (Å²) in [7, 11) is 0. The van der Waals surface area contributed by atoms with Gasteiger partial charge in [-0.2, -0.15) is 0 Å². The number of nitrogens with zero attached hydrogens (tertiary/aromatic N) is 1. The number of alkyl halides is 4. The molecule has 5 nitrogen and oxygen atoms in total. The number of hydrogen-bond acceptors (Lipinski definition) is 3. The predicted octanol–water partition coefficient (Wildman–Crippen LogP) is 7.01. The Morgan fingerprint density at radius 2 is 1.32 bits per heavy atom. The topological polar surface area (TPSA) is 66.5 Å². The van der Waals surface area contributed by atoms with Crippen LogP contribution in [-0.2, 0) is 22.4 Å². The van der Waals surface area contributed by atoms with Crippen LogP contribution in [0, 0.1) is 11.8 Å². The Hall–Kier alpha value is -1.47. The number of carbonyl (C=O) groups is 3. The molecule has 37 heavy (non-hydrogen) atoms. The van der Waals surface area contributed by atoms with Crippen LogP contribution in [0.2, 0.25) is 0 Å². The molecule has 0 spiro atoms. The number of aryl methyl sites for hydroxylation is 2. The van der Waals surface area contributed by atoms with E-state index >= 15 is 0 Å². The van der Waals surface area contributed by atoms with Gasteiger partial charge in [0.2, 0.25) is 11.8 Å². The normalized spacial score (nSPS) is 29.8. The summed E-state index contributed by atoms with van der Waals surface area (Å²) < 4.78 is -2.03. The van der Waals surface area contributed by atoms with Gasteiger partial charge in [-0.25, -0.2) is 4.90 Å². The van der Waals surface area contributed by atoms with Crippen molar-refractivity contribution in [2.75, 3.05) is 10.2 Å². The van der Waals surface area contributed by atoms with Crippen molar-refractivity contribution in [3.63, 3.8) is 0 Å². The van der Waals surface area contributed by atoms with Gasteiger partial charge in [0.25, 0.3) is 5.91 Å². The zero-order chi connectivity index (χ0) is 27.1. The summed E-state index contributed by atoms with van der Waals surface area (Å²) in [4.78, 5) is 38.2. The Kier molecular flexibility index (Phi) is 6.62. The van der Waals surface area contributed by atoms with E-state index in [1.165, 1.54) is 12.1 Å². The minimum absolute atomic E-state index is 0.0818. The number of halogens is 6. The van der Waals surface area contributed by atoms with Crippen molar-refractivity contribution in [3.05, 3.63) is 69.2 Å². The van der Waals surface area contributed by atoms with Gasteiger partial charge in [0, 0.05) is 5.69 Å². The summed E-state index contributed by atoms with van der Waals surface area (Å²) >= 11 is 39.5. The molecule has 1 saturated carbocycles. The minimum atomic E-state index is -2.03. The number of allylic oxidation sites excluding steroid dienone is 2. The second-order valence-electron chi connectivity index (χ2n) is 9.22. The third-order valence-corrected chi connectivity index (χ3v) is 11.8. The van der Waals surface area contributed by atoms with Crippen LogP contribution < -0.4 is 10.2 Å². The maximum Gasteiger partial charge on any atom is 0.257 e. The molecule has 3 aliphatic rings. The minimum Gasteiger partial charge on any atom is -0.321 e. The van der Waals surface area contributed by atoms with Crippen LogP contribution in [0.3, 0.4) is 0 Å². The first-order chi connectivity index (χ1) is 17.4. The second-order valence-corrected chi connectivity index (χ2v) is 12.5. The molecule has 11 heteroatoms. The Labute approximate surface area is 244 Å². The van der Waals surface area contributed by atoms with Crippen molar-refractivity contribution < 1.29 is 14.4 Å². The van der Waals surface area contributed by atoms with Gasteiger partial charge in [-0.05, 0) is 36.1 Å². The van der Waals surface area contributed by atoms with Crippen LogP contribution in [0.1, 0.15) is 35.3 Å². The summed E-state index contributed by atoms with van der Waals surface area (Å²) in [6, 6.07) is 12.1. The maximum absolute atomic E-state index is 13.8. The van der Waals surface area contributed by atoms with Gasteiger partial charge in [-0.3, -0.25) is 14.4 Å². The van der Waals surface area contributed by atoms with Gasteiger partial charge < -0.3 is 5.32 Å². The van der Waals surface area contributed by atoms with E-state index in [1.54, 1.807) is 12.1 Å². The average molecular weight is 621 g/mol. The maximum atomic E-state index is 13.8. The quantitative estimate of drug-likeness (QED) is 0.289. The van der Waals surface area contributed by atoms with E-state index in [-0.39, 0.29) is 21.3 Å². The summed E-state index contributed by atoms with van der Waals surface area (Å²) in [5.41, 5.74) is 2.84. The monoisotopic (exact) mass is 618 g/mol. The van der Waals surface area contributed by atoms with E-state index in [9.17, 15) is 14.4 Å². The van der Waals surface area contributed by atoms with Gasteiger partial charge in [-0.1, -0.05) is 90.6 Å². The fourth-order valence-corrected chi connectivity index (χ4v) is 8.61. The number of benzene rings is 2. The zero-order valence-electron chi connectivity index (χ0n) is 19.6. The largest absolute Gasteiger partial charge is 0.321 e. The Balaban J connectivity index is 1.57. The standard InChI is InChI=1S/C26H20Cl6N2O3/c1-3-12-8-7-9-13(4-2)18(12)33-21(35)14-10-5-6-11-15(14)34-22(36)16-17(23(34)37)25(30)20(28)19(27)24(16,29)26(25,31)32/h5-11,16-17H,3-4H2,1-2H3,(H,33,35)/t16-,17-,24+,25+/m0/s1. The number of para-hydroxylation sites is 2. The molecular formula is C26H20Cl6N2O3. The Morgan fingerprint density at radius 1 is 0.838 bits per heavy atom. The van der Waals surface area contributed by atoms with Gasteiger partial charge in [0.15, 0.2) is 4.33 Å². The molecule has 1 aliphatic heterocycles. The van der Waals surface area contributed by atoms with E-state index in [4.69, 9.17) is 69.6 Å². The summed E-state index contributed by atoms with van der Waals surface area (Å²) in [5.74, 6) is -4.49. The van der Waals surface area contributed by atoms with Crippen molar-refractivity contribution >= 4 is 98.7 Å². The summed E-state index contributed by atoms with van der Waals surface area (Å²) in [6.07, 6.45) is 1.42. The third-order valence-electron chi connectivity index (χ3n) is 7.54. The molecule has 0 aromatic heterocycles. The molecule has 4 atom stereocenters. The number of fused-ring (bicyclic) bond motifs is 5. The van der Waals surface area contributed by atoms with Crippen LogP contribution in [-0.4, -0.2) is 31.8 Å². The smallest absolute Gasteiger partial charge is 0.257 e. The lowest BCUT2D eigenvalue weighted by atomic mass is 9.84. The van der Waals surface area contributed by atoms with Crippen LogP contribution in [0.5, 0.6) is 0 Å². The molecule has 194 valence electrons. The number of hydrogen-bond donors (Lipinski definition) is 1. The third kappa shape index (κ3) is 3.28. The van der Waals surface area contributed by atoms with Crippen molar-refractivity contribution in [1.29, 1.82) is 0 Å². The predicted molar refractivity (Wildman–Crippen MR) is 149 cm³/mol. The molecule has 5 rings (SSSR count). The molecule has 2 fully saturated rings. The van der Waals surface area contributed by atoms with Crippen LogP contribution >= 0.6 is 69.6 Å². The molecule has 2 aromatic carbocycles. The number of imide groups is 1. The SMILES string of the molecule is CCc1cccc(CC)c1NC(=O)c1ccccc1N1C(=O)[C@@H]2[C@@H](C1=O)[C@@]1(Cl)C(Cl)=C(Cl)[C@@]2(Cl)C1(Cl)Cl. The van der Waals surface area contributed by atoms with Crippen molar-refractivity contribution in [2.24, 2.45) is 11.8 Å². The van der Waals surface area contributed by atoms with E-state index in [0.717, 1.165) is 16.0 Å². The lowest BCUT2D eigenvalue weighted by Crippen LogP contribution is -2.50. The van der Waals surface area contributed by atoms with E-state index in [2.05, 4.69) is 5.32 Å². The number of nitrogens with one attached hydrogen (secondary N) is 1. The molecule has 1 heterocycles. The molecule has 0 radical (unpaired) electrons. The highest BCUT2D eigenvalue weighted by atomic mass is 35.5. The van der Waals surface area contributed by atoms with Crippen molar-refractivity contribution in [3.8, 4) is 0 Å². The fourth-order valence-electron chi connectivity index (χ4n) is 5.68. The van der Waals surface area contributed by atoms with E-state index < -0.39 is 43.6 Å². The van der Waals surface area contributed by atoms with E-state index in [1.807, 2.05) is 32.0 Å². The highest BCUT2D eigenvalue weighted by Gasteiger charge is 2.87. The molecular weight excluding hydrogens is 601 g/mol. The molecule has 2 bridgehead atoms. The Morgan fingerprint density at radius 3 is 1.81 bits per heavy atom. The fraction of sp³-hybridized carbons (Fsp3) is 0.346. The summed E-state index contributed by atoms with van der Waals surface area (Å²) in [6.45, 7) is 3.99. The van der Waals surface area contributed by atoms with E-state index in [0.29, 0.717) is 18.5 Å². The first-order valence-electron chi connectivity index (χ1n) is 11.6. The lowest BCUT2D eigenvalue weighted by Gasteiger charge is -2.34. The molecule has 1 saturated heterocycles. The second kappa shape index (κ2) is 9.04. The van der Waals surface area contributed by atoms with Gasteiger partial charge in [-0.15, -0.1) is 23.2 Å². The van der Waals surface area contributed by atoms with Gasteiger partial charge in [0.1, 0.15) is 9.75 Å². The lowest BCUT2D eigenvalue weighted by molar-refractivity contribution is -0.123. The van der Waals surface area contributed by atoms with Gasteiger partial charge in [0.05, 0.1) is 33.2 Å². The number of carbonyl (C=O) groups excluding carboxylic acids is 3. The molecule has 2 aliphatic carbocycles. The average Bonchev–Trinajstić information content (AvgIpc) is 3.27. The Bertz CT molecular complexity index is 1340. The molecule has 2 aromatic rings. The van der Waals surface area contributed by atoms with Crippen molar-refractivity contribution in [2.45, 2.75) is 40.8 Å². The molecule has 0 unspecified atom stereocenters. The molecule has 1 N–H and O–H groups in total. The van der Waals surface area contributed by atoms with Crippen LogP contribution in [0.15, 0.2) is 52.5 Å². The van der Waals surface area contributed by atoms with Crippen molar-refractivity contribution in [1.82, 2.24) is 0 Å². The highest BCUT2D eigenvalue weighted by Crippen LogP contribution is 2.77. The summed E-state index contributed by atoms with van der Waals surface area (Å²) in [5, 5.41) is 2.64. The first-order valence-corrected chi connectivity index (χ1v) is 13.9. The highest BCUT2D eigenvalue weighted by molar-refractivity contribution is 6.67. The van der Waals surface area contributed by atoms with Gasteiger partial charge >= 0.3 is 0 Å². The zero-order valence-corrected chi connectivity index (χ0v) is 24.1. The van der Waals surface area contributed by atoms with Crippen LogP contribution in [0.4, 0.5) is 11.4 Å².